The standard InChI is InChI=1S/C15H21NO/c1-11(2)13-7-6-12(3)14(10-13)15(17)16-8-4-5-9-16/h6-7,10-11H,4-5,8-9H2,1-3H3. The highest BCUT2D eigenvalue weighted by molar-refractivity contribution is 5.96. The van der Waals surface area contributed by atoms with Gasteiger partial charge in [-0.05, 0) is 42.9 Å². The van der Waals surface area contributed by atoms with Crippen LogP contribution in [0.4, 0.5) is 0 Å². The van der Waals surface area contributed by atoms with Crippen molar-refractivity contribution >= 4 is 5.91 Å². The van der Waals surface area contributed by atoms with Gasteiger partial charge >= 0.3 is 0 Å². The number of likely N-dealkylation sites (tertiary alicyclic amines) is 1. The molecule has 2 heteroatoms. The first-order chi connectivity index (χ1) is 8.09. The molecule has 2 rings (SSSR count). The fourth-order valence-corrected chi connectivity index (χ4v) is 2.32. The van der Waals surface area contributed by atoms with Gasteiger partial charge in [0.2, 0.25) is 0 Å². The molecule has 0 aromatic heterocycles. The van der Waals surface area contributed by atoms with Gasteiger partial charge in [-0.2, -0.15) is 0 Å². The summed E-state index contributed by atoms with van der Waals surface area (Å²) in [6, 6.07) is 6.26. The van der Waals surface area contributed by atoms with Crippen LogP contribution in [0.3, 0.4) is 0 Å². The van der Waals surface area contributed by atoms with Gasteiger partial charge < -0.3 is 4.90 Å². The maximum atomic E-state index is 12.4. The molecule has 0 radical (unpaired) electrons. The molecule has 1 saturated heterocycles. The van der Waals surface area contributed by atoms with E-state index in [0.717, 1.165) is 37.1 Å². The Bertz CT molecular complexity index is 417. The van der Waals surface area contributed by atoms with Crippen LogP contribution in [0.1, 0.15) is 54.1 Å². The van der Waals surface area contributed by atoms with Gasteiger partial charge in [-0.15, -0.1) is 0 Å². The Morgan fingerprint density at radius 1 is 1.24 bits per heavy atom. The van der Waals surface area contributed by atoms with Crippen molar-refractivity contribution in [2.45, 2.75) is 39.5 Å². The lowest BCUT2D eigenvalue weighted by molar-refractivity contribution is 0.0792. The van der Waals surface area contributed by atoms with Crippen molar-refractivity contribution in [3.8, 4) is 0 Å². The first kappa shape index (κ1) is 12.2. The molecule has 1 aromatic rings. The fraction of sp³-hybridized carbons (Fsp3) is 0.533. The van der Waals surface area contributed by atoms with Gasteiger partial charge in [0.05, 0.1) is 0 Å². The predicted octanol–water partition coefficient (Wildman–Crippen LogP) is 3.35. The molecule has 0 atom stereocenters. The molecule has 0 N–H and O–H groups in total. The molecule has 1 heterocycles. The lowest BCUT2D eigenvalue weighted by Gasteiger charge is -2.18. The molecule has 1 fully saturated rings. The van der Waals surface area contributed by atoms with E-state index in [1.165, 1.54) is 5.56 Å². The topological polar surface area (TPSA) is 20.3 Å². The number of amides is 1. The summed E-state index contributed by atoms with van der Waals surface area (Å²) < 4.78 is 0. The Balaban J connectivity index is 2.29. The monoisotopic (exact) mass is 231 g/mol. The lowest BCUT2D eigenvalue weighted by Crippen LogP contribution is -2.28. The highest BCUT2D eigenvalue weighted by Gasteiger charge is 2.21. The molecule has 1 amide bonds. The van der Waals surface area contributed by atoms with Crippen molar-refractivity contribution in [3.63, 3.8) is 0 Å². The predicted molar refractivity (Wildman–Crippen MR) is 70.4 cm³/mol. The minimum atomic E-state index is 0.211. The number of carbonyl (C=O) groups excluding carboxylic acids is 1. The normalized spacial score (nSPS) is 15.6. The van der Waals surface area contributed by atoms with Crippen molar-refractivity contribution in [1.29, 1.82) is 0 Å². The Kier molecular flexibility index (Phi) is 3.51. The number of hydrogen-bond acceptors (Lipinski definition) is 1. The van der Waals surface area contributed by atoms with E-state index in [2.05, 4.69) is 32.0 Å². The van der Waals surface area contributed by atoms with Gasteiger partial charge in [-0.25, -0.2) is 0 Å². The van der Waals surface area contributed by atoms with Crippen molar-refractivity contribution in [3.05, 3.63) is 34.9 Å². The Morgan fingerprint density at radius 3 is 2.47 bits per heavy atom. The van der Waals surface area contributed by atoms with Crippen LogP contribution in [-0.2, 0) is 0 Å². The average molecular weight is 231 g/mol. The third-order valence-electron chi connectivity index (χ3n) is 3.55. The fourth-order valence-electron chi connectivity index (χ4n) is 2.32. The summed E-state index contributed by atoms with van der Waals surface area (Å²) in [5, 5.41) is 0. The largest absolute Gasteiger partial charge is 0.339 e. The Hall–Kier alpha value is -1.31. The van der Waals surface area contributed by atoms with Crippen LogP contribution in [0, 0.1) is 6.92 Å². The van der Waals surface area contributed by atoms with E-state index in [1.54, 1.807) is 0 Å². The zero-order valence-electron chi connectivity index (χ0n) is 11.0. The summed E-state index contributed by atoms with van der Waals surface area (Å²) >= 11 is 0. The number of carbonyl (C=O) groups is 1. The number of benzene rings is 1. The smallest absolute Gasteiger partial charge is 0.254 e. The van der Waals surface area contributed by atoms with E-state index >= 15 is 0 Å². The molecule has 2 nitrogen and oxygen atoms in total. The minimum absolute atomic E-state index is 0.211. The first-order valence-electron chi connectivity index (χ1n) is 6.49. The number of hydrogen-bond donors (Lipinski definition) is 0. The van der Waals surface area contributed by atoms with Crippen LogP contribution in [0.5, 0.6) is 0 Å². The van der Waals surface area contributed by atoms with Crippen molar-refractivity contribution in [1.82, 2.24) is 4.90 Å². The quantitative estimate of drug-likeness (QED) is 0.764. The molecule has 0 unspecified atom stereocenters. The zero-order chi connectivity index (χ0) is 12.4. The summed E-state index contributed by atoms with van der Waals surface area (Å²) in [6.07, 6.45) is 2.29. The van der Waals surface area contributed by atoms with Crippen LogP contribution in [0.25, 0.3) is 0 Å². The molecule has 0 spiro atoms. The highest BCUT2D eigenvalue weighted by atomic mass is 16.2. The third kappa shape index (κ3) is 2.51. The van der Waals surface area contributed by atoms with Crippen LogP contribution < -0.4 is 0 Å². The Morgan fingerprint density at radius 2 is 1.88 bits per heavy atom. The molecular formula is C15H21NO. The van der Waals surface area contributed by atoms with Crippen molar-refractivity contribution in [2.24, 2.45) is 0 Å². The van der Waals surface area contributed by atoms with Crippen LogP contribution in [0.2, 0.25) is 0 Å². The summed E-state index contributed by atoms with van der Waals surface area (Å²) in [6.45, 7) is 8.19. The summed E-state index contributed by atoms with van der Waals surface area (Å²) in [4.78, 5) is 14.3. The molecule has 0 saturated carbocycles. The molecule has 1 aliphatic rings. The van der Waals surface area contributed by atoms with Gasteiger partial charge in [-0.3, -0.25) is 4.79 Å². The van der Waals surface area contributed by atoms with Crippen LogP contribution in [-0.4, -0.2) is 23.9 Å². The van der Waals surface area contributed by atoms with Gasteiger partial charge in [0.1, 0.15) is 0 Å². The van der Waals surface area contributed by atoms with Crippen LogP contribution >= 0.6 is 0 Å². The van der Waals surface area contributed by atoms with E-state index < -0.39 is 0 Å². The molecule has 1 aromatic carbocycles. The molecule has 0 bridgehead atoms. The third-order valence-corrected chi connectivity index (χ3v) is 3.55. The highest BCUT2D eigenvalue weighted by Crippen LogP contribution is 2.21. The summed E-state index contributed by atoms with van der Waals surface area (Å²) in [7, 11) is 0. The van der Waals surface area contributed by atoms with E-state index in [1.807, 2.05) is 11.8 Å². The second-order valence-electron chi connectivity index (χ2n) is 5.23. The molecular weight excluding hydrogens is 210 g/mol. The minimum Gasteiger partial charge on any atom is -0.339 e. The van der Waals surface area contributed by atoms with Gasteiger partial charge in [0.25, 0.3) is 5.91 Å². The van der Waals surface area contributed by atoms with Gasteiger partial charge in [0, 0.05) is 18.7 Å². The molecule has 1 aliphatic heterocycles. The van der Waals surface area contributed by atoms with E-state index in [9.17, 15) is 4.79 Å². The van der Waals surface area contributed by atoms with E-state index in [4.69, 9.17) is 0 Å². The average Bonchev–Trinajstić information content (AvgIpc) is 2.81. The van der Waals surface area contributed by atoms with E-state index in [0.29, 0.717) is 5.92 Å². The number of nitrogens with zero attached hydrogens (tertiary/aromatic N) is 1. The molecule has 92 valence electrons. The molecule has 0 aliphatic carbocycles. The summed E-state index contributed by atoms with van der Waals surface area (Å²) in [5.41, 5.74) is 3.22. The van der Waals surface area contributed by atoms with Crippen LogP contribution in [0.15, 0.2) is 18.2 Å². The SMILES string of the molecule is Cc1ccc(C(C)C)cc1C(=O)N1CCCC1. The maximum Gasteiger partial charge on any atom is 0.254 e. The number of aryl methyl sites for hydroxylation is 1. The zero-order valence-corrected chi connectivity index (χ0v) is 11.0. The number of rotatable bonds is 2. The molecule has 17 heavy (non-hydrogen) atoms. The second kappa shape index (κ2) is 4.91. The lowest BCUT2D eigenvalue weighted by atomic mass is 9.97. The Labute approximate surface area is 104 Å². The maximum absolute atomic E-state index is 12.4. The van der Waals surface area contributed by atoms with Gasteiger partial charge in [0.15, 0.2) is 0 Å². The van der Waals surface area contributed by atoms with E-state index in [-0.39, 0.29) is 5.91 Å². The van der Waals surface area contributed by atoms with Crippen molar-refractivity contribution < 1.29 is 4.79 Å². The first-order valence-corrected chi connectivity index (χ1v) is 6.49. The van der Waals surface area contributed by atoms with Crippen molar-refractivity contribution in [2.75, 3.05) is 13.1 Å². The van der Waals surface area contributed by atoms with Gasteiger partial charge in [-0.1, -0.05) is 26.0 Å². The second-order valence-corrected chi connectivity index (χ2v) is 5.23. The summed E-state index contributed by atoms with van der Waals surface area (Å²) in [5.74, 6) is 0.684.